The quantitative estimate of drug-likeness (QED) is 0.801. The van der Waals surface area contributed by atoms with E-state index in [1.807, 2.05) is 13.0 Å². The Kier molecular flexibility index (Phi) is 5.32. The Morgan fingerprint density at radius 1 is 1.08 bits per heavy atom. The van der Waals surface area contributed by atoms with Gasteiger partial charge in [-0.15, -0.1) is 0 Å². The maximum Gasteiger partial charge on any atom is 0.258 e. The number of benzene rings is 2. The van der Waals surface area contributed by atoms with Crippen molar-refractivity contribution in [1.29, 1.82) is 0 Å². The number of rotatable bonds is 3. The molecule has 0 saturated carbocycles. The number of carbonyl (C=O) groups is 1. The standard InChI is InChI=1S/C18H18ClFN2O3S/c1-13-4-2-5-14(12-13)26(24,25)22-10-8-21(9-11-22)18(23)17-15(19)6-3-7-16(17)20/h2-7,12H,8-11H2,1H3. The molecule has 5 nitrogen and oxygen atoms in total. The first kappa shape index (κ1) is 18.8. The van der Waals surface area contributed by atoms with Crippen LogP contribution >= 0.6 is 11.6 Å². The average molecular weight is 397 g/mol. The third-order valence-electron chi connectivity index (χ3n) is 4.33. The summed E-state index contributed by atoms with van der Waals surface area (Å²) in [5.41, 5.74) is 0.679. The Balaban J connectivity index is 1.74. The van der Waals surface area contributed by atoms with Crippen LogP contribution in [0.2, 0.25) is 5.02 Å². The molecule has 1 heterocycles. The Hall–Kier alpha value is -1.96. The van der Waals surface area contributed by atoms with Gasteiger partial charge >= 0.3 is 0 Å². The molecule has 1 aliphatic rings. The number of piperazine rings is 1. The molecule has 0 bridgehead atoms. The molecule has 0 unspecified atom stereocenters. The minimum Gasteiger partial charge on any atom is -0.336 e. The van der Waals surface area contributed by atoms with Crippen molar-refractivity contribution in [3.05, 3.63) is 64.4 Å². The van der Waals surface area contributed by atoms with Crippen LogP contribution < -0.4 is 0 Å². The predicted octanol–water partition coefficient (Wildman–Crippen LogP) is 2.93. The van der Waals surface area contributed by atoms with E-state index in [1.54, 1.807) is 18.2 Å². The van der Waals surface area contributed by atoms with E-state index in [0.717, 1.165) is 5.56 Å². The van der Waals surface area contributed by atoms with E-state index in [4.69, 9.17) is 11.6 Å². The summed E-state index contributed by atoms with van der Waals surface area (Å²) in [5.74, 6) is -1.21. The molecule has 0 radical (unpaired) electrons. The van der Waals surface area contributed by atoms with Crippen LogP contribution in [0.5, 0.6) is 0 Å². The van der Waals surface area contributed by atoms with Crippen LogP contribution in [0.3, 0.4) is 0 Å². The van der Waals surface area contributed by atoms with Crippen molar-refractivity contribution in [2.45, 2.75) is 11.8 Å². The largest absolute Gasteiger partial charge is 0.336 e. The summed E-state index contributed by atoms with van der Waals surface area (Å²) < 4.78 is 40.8. The Morgan fingerprint density at radius 2 is 1.73 bits per heavy atom. The SMILES string of the molecule is Cc1cccc(S(=O)(=O)N2CCN(C(=O)c3c(F)cccc3Cl)CC2)c1. The molecule has 0 aliphatic carbocycles. The summed E-state index contributed by atoms with van der Waals surface area (Å²) in [6.45, 7) is 2.47. The summed E-state index contributed by atoms with van der Waals surface area (Å²) in [4.78, 5) is 14.2. The molecule has 0 N–H and O–H groups in total. The topological polar surface area (TPSA) is 57.7 Å². The van der Waals surface area contributed by atoms with E-state index in [-0.39, 0.29) is 41.7 Å². The van der Waals surface area contributed by atoms with Gasteiger partial charge in [-0.2, -0.15) is 4.31 Å². The zero-order chi connectivity index (χ0) is 18.9. The number of sulfonamides is 1. The monoisotopic (exact) mass is 396 g/mol. The number of nitrogens with zero attached hydrogens (tertiary/aromatic N) is 2. The van der Waals surface area contributed by atoms with Crippen molar-refractivity contribution in [1.82, 2.24) is 9.21 Å². The third kappa shape index (κ3) is 3.60. The van der Waals surface area contributed by atoms with Crippen molar-refractivity contribution < 1.29 is 17.6 Å². The van der Waals surface area contributed by atoms with Gasteiger partial charge in [-0.05, 0) is 36.8 Å². The van der Waals surface area contributed by atoms with Gasteiger partial charge in [0.15, 0.2) is 0 Å². The first-order valence-corrected chi connectivity index (χ1v) is 9.92. The first-order valence-electron chi connectivity index (χ1n) is 8.11. The Labute approximate surface area is 157 Å². The number of hydrogen-bond acceptors (Lipinski definition) is 3. The average Bonchev–Trinajstić information content (AvgIpc) is 2.61. The summed E-state index contributed by atoms with van der Waals surface area (Å²) in [5, 5.41) is 0.0461. The van der Waals surface area contributed by atoms with Crippen LogP contribution in [0, 0.1) is 12.7 Å². The minimum absolute atomic E-state index is 0.0461. The Bertz CT molecular complexity index is 921. The van der Waals surface area contributed by atoms with Crippen molar-refractivity contribution in [2.24, 2.45) is 0 Å². The molecule has 0 atom stereocenters. The molecule has 1 amide bonds. The van der Waals surface area contributed by atoms with Crippen LogP contribution in [-0.2, 0) is 10.0 Å². The van der Waals surface area contributed by atoms with Crippen LogP contribution in [0.4, 0.5) is 4.39 Å². The van der Waals surface area contributed by atoms with Crippen molar-refractivity contribution in [2.75, 3.05) is 26.2 Å². The van der Waals surface area contributed by atoms with Crippen LogP contribution in [0.15, 0.2) is 47.4 Å². The van der Waals surface area contributed by atoms with E-state index < -0.39 is 21.7 Å². The van der Waals surface area contributed by atoms with Crippen molar-refractivity contribution >= 4 is 27.5 Å². The van der Waals surface area contributed by atoms with Crippen molar-refractivity contribution in [3.63, 3.8) is 0 Å². The lowest BCUT2D eigenvalue weighted by molar-refractivity contribution is 0.0693. The van der Waals surface area contributed by atoms with Gasteiger partial charge in [-0.3, -0.25) is 4.79 Å². The van der Waals surface area contributed by atoms with Gasteiger partial charge in [0, 0.05) is 26.2 Å². The molecule has 0 spiro atoms. The summed E-state index contributed by atoms with van der Waals surface area (Å²) in [6.07, 6.45) is 0. The van der Waals surface area contributed by atoms with Gasteiger partial charge < -0.3 is 4.90 Å². The van der Waals surface area contributed by atoms with E-state index in [9.17, 15) is 17.6 Å². The number of hydrogen-bond donors (Lipinski definition) is 0. The highest BCUT2D eigenvalue weighted by molar-refractivity contribution is 7.89. The fraction of sp³-hybridized carbons (Fsp3) is 0.278. The van der Waals surface area contributed by atoms with Crippen LogP contribution in [0.25, 0.3) is 0 Å². The van der Waals surface area contributed by atoms with Gasteiger partial charge in [0.2, 0.25) is 10.0 Å². The van der Waals surface area contributed by atoms with Crippen LogP contribution in [0.1, 0.15) is 15.9 Å². The number of aryl methyl sites for hydroxylation is 1. The molecule has 0 aromatic heterocycles. The molecule has 2 aromatic rings. The molecule has 2 aromatic carbocycles. The van der Waals surface area contributed by atoms with Crippen molar-refractivity contribution in [3.8, 4) is 0 Å². The molecule has 26 heavy (non-hydrogen) atoms. The van der Waals surface area contributed by atoms with E-state index in [2.05, 4.69) is 0 Å². The lowest BCUT2D eigenvalue weighted by Gasteiger charge is -2.34. The van der Waals surface area contributed by atoms with E-state index in [0.29, 0.717) is 0 Å². The number of carbonyl (C=O) groups excluding carboxylic acids is 1. The highest BCUT2D eigenvalue weighted by atomic mass is 35.5. The third-order valence-corrected chi connectivity index (χ3v) is 6.54. The Morgan fingerprint density at radius 3 is 2.35 bits per heavy atom. The molecule has 1 fully saturated rings. The maximum atomic E-state index is 13.9. The lowest BCUT2D eigenvalue weighted by atomic mass is 10.1. The minimum atomic E-state index is -3.62. The first-order chi connectivity index (χ1) is 12.3. The smallest absolute Gasteiger partial charge is 0.258 e. The lowest BCUT2D eigenvalue weighted by Crippen LogP contribution is -2.50. The van der Waals surface area contributed by atoms with Gasteiger partial charge in [0.25, 0.3) is 5.91 Å². The molecule has 3 rings (SSSR count). The number of amides is 1. The molecule has 138 valence electrons. The van der Waals surface area contributed by atoms with Crippen LogP contribution in [-0.4, -0.2) is 49.7 Å². The summed E-state index contributed by atoms with van der Waals surface area (Å²) in [6, 6.07) is 10.8. The normalized spacial score (nSPS) is 15.9. The maximum absolute atomic E-state index is 13.9. The van der Waals surface area contributed by atoms with Gasteiger partial charge in [-0.25, -0.2) is 12.8 Å². The summed E-state index contributed by atoms with van der Waals surface area (Å²) in [7, 11) is -3.62. The highest BCUT2D eigenvalue weighted by Gasteiger charge is 2.31. The zero-order valence-electron chi connectivity index (χ0n) is 14.2. The second-order valence-electron chi connectivity index (χ2n) is 6.11. The molecule has 1 aliphatic heterocycles. The molecular weight excluding hydrogens is 379 g/mol. The number of halogens is 2. The van der Waals surface area contributed by atoms with E-state index in [1.165, 1.54) is 27.4 Å². The fourth-order valence-corrected chi connectivity index (χ4v) is 4.69. The molecule has 8 heteroatoms. The zero-order valence-corrected chi connectivity index (χ0v) is 15.7. The predicted molar refractivity (Wildman–Crippen MR) is 97.3 cm³/mol. The second-order valence-corrected chi connectivity index (χ2v) is 8.45. The van der Waals surface area contributed by atoms with Gasteiger partial charge in [-0.1, -0.05) is 29.8 Å². The fourth-order valence-electron chi connectivity index (χ4n) is 2.92. The molecule has 1 saturated heterocycles. The highest BCUT2D eigenvalue weighted by Crippen LogP contribution is 2.23. The molecular formula is C18H18ClFN2O3S. The summed E-state index contributed by atoms with van der Waals surface area (Å²) >= 11 is 5.95. The van der Waals surface area contributed by atoms with E-state index >= 15 is 0 Å². The van der Waals surface area contributed by atoms with Gasteiger partial charge in [0.1, 0.15) is 5.82 Å². The van der Waals surface area contributed by atoms with Gasteiger partial charge in [0.05, 0.1) is 15.5 Å². The second kappa shape index (κ2) is 7.34.